The van der Waals surface area contributed by atoms with Gasteiger partial charge in [-0.1, -0.05) is 24.3 Å². The Kier molecular flexibility index (Phi) is 7.43. The molecule has 0 bridgehead atoms. The second kappa shape index (κ2) is 10.5. The smallest absolute Gasteiger partial charge is 0.273 e. The van der Waals surface area contributed by atoms with Crippen molar-refractivity contribution in [2.24, 2.45) is 0 Å². The number of amides is 1. The number of anilines is 2. The van der Waals surface area contributed by atoms with E-state index in [1.54, 1.807) is 53.7 Å². The lowest BCUT2D eigenvalue weighted by Crippen LogP contribution is -2.31. The SMILES string of the molecule is CN(Cc1ccccc1N1CCCC1)C(=O)COc1ccc(N(C)S(=O)(=O)c2cccs2)cc1. The Bertz CT molecular complexity index is 1210. The molecule has 1 aliphatic heterocycles. The summed E-state index contributed by atoms with van der Waals surface area (Å²) in [6.07, 6.45) is 2.40. The summed E-state index contributed by atoms with van der Waals surface area (Å²) in [5.74, 6) is 0.377. The van der Waals surface area contributed by atoms with Crippen molar-refractivity contribution < 1.29 is 17.9 Å². The third kappa shape index (κ3) is 5.37. The minimum Gasteiger partial charge on any atom is -0.484 e. The summed E-state index contributed by atoms with van der Waals surface area (Å²) in [5.41, 5.74) is 2.83. The molecule has 2 aromatic carbocycles. The first-order valence-corrected chi connectivity index (χ1v) is 13.5. The highest BCUT2D eigenvalue weighted by molar-refractivity contribution is 7.94. The van der Waals surface area contributed by atoms with Gasteiger partial charge in [-0.15, -0.1) is 11.3 Å². The lowest BCUT2D eigenvalue weighted by atomic mass is 10.1. The fourth-order valence-electron chi connectivity index (χ4n) is 3.95. The van der Waals surface area contributed by atoms with Crippen LogP contribution in [0.25, 0.3) is 0 Å². The lowest BCUT2D eigenvalue weighted by Gasteiger charge is -2.24. The second-order valence-corrected chi connectivity index (χ2v) is 11.4. The molecular formula is C25H29N3O4S2. The van der Waals surface area contributed by atoms with Crippen molar-refractivity contribution >= 4 is 38.6 Å². The molecule has 1 aliphatic rings. The normalized spacial score (nSPS) is 13.6. The van der Waals surface area contributed by atoms with Crippen LogP contribution in [0, 0.1) is 0 Å². The molecule has 4 rings (SSSR count). The van der Waals surface area contributed by atoms with Crippen LogP contribution in [0.4, 0.5) is 11.4 Å². The molecule has 2 heterocycles. The molecule has 7 nitrogen and oxygen atoms in total. The number of hydrogen-bond donors (Lipinski definition) is 0. The number of rotatable bonds is 9. The van der Waals surface area contributed by atoms with Gasteiger partial charge in [0.15, 0.2) is 6.61 Å². The highest BCUT2D eigenvalue weighted by Gasteiger charge is 2.22. The van der Waals surface area contributed by atoms with Gasteiger partial charge in [-0.05, 0) is 60.2 Å². The van der Waals surface area contributed by atoms with Crippen LogP contribution in [0.3, 0.4) is 0 Å². The number of sulfonamides is 1. The molecule has 1 amide bonds. The van der Waals surface area contributed by atoms with Crippen molar-refractivity contribution in [2.75, 3.05) is 43.0 Å². The van der Waals surface area contributed by atoms with E-state index < -0.39 is 10.0 Å². The summed E-state index contributed by atoms with van der Waals surface area (Å²) in [4.78, 5) is 16.7. The van der Waals surface area contributed by atoms with Gasteiger partial charge in [0.05, 0.1) is 5.69 Å². The Hall–Kier alpha value is -3.04. The number of carbonyl (C=O) groups excluding carboxylic acids is 1. The van der Waals surface area contributed by atoms with Gasteiger partial charge in [0.1, 0.15) is 9.96 Å². The highest BCUT2D eigenvalue weighted by Crippen LogP contribution is 2.27. The van der Waals surface area contributed by atoms with Gasteiger partial charge in [0.25, 0.3) is 15.9 Å². The first-order chi connectivity index (χ1) is 16.4. The van der Waals surface area contributed by atoms with E-state index >= 15 is 0 Å². The van der Waals surface area contributed by atoms with Crippen LogP contribution in [0.5, 0.6) is 5.75 Å². The zero-order valence-corrected chi connectivity index (χ0v) is 21.0. The van der Waals surface area contributed by atoms with Crippen LogP contribution in [0.15, 0.2) is 70.3 Å². The maximum Gasteiger partial charge on any atom is 0.273 e. The fraction of sp³-hybridized carbons (Fsp3) is 0.320. The highest BCUT2D eigenvalue weighted by atomic mass is 32.2. The third-order valence-corrected chi connectivity index (χ3v) is 9.10. The molecule has 1 saturated heterocycles. The summed E-state index contributed by atoms with van der Waals surface area (Å²) in [6.45, 7) is 2.53. The van der Waals surface area contributed by atoms with Crippen molar-refractivity contribution in [1.82, 2.24) is 4.90 Å². The maximum atomic E-state index is 12.7. The number of nitrogens with zero attached hydrogens (tertiary/aromatic N) is 3. The number of thiophene rings is 1. The number of hydrogen-bond acceptors (Lipinski definition) is 6. The van der Waals surface area contributed by atoms with E-state index in [1.807, 2.05) is 12.1 Å². The fourth-order valence-corrected chi connectivity index (χ4v) is 6.30. The summed E-state index contributed by atoms with van der Waals surface area (Å²) < 4.78 is 32.6. The quantitative estimate of drug-likeness (QED) is 0.441. The monoisotopic (exact) mass is 499 g/mol. The number of benzene rings is 2. The molecule has 34 heavy (non-hydrogen) atoms. The molecular weight excluding hydrogens is 470 g/mol. The molecule has 1 aromatic heterocycles. The van der Waals surface area contributed by atoms with Gasteiger partial charge in [0, 0.05) is 39.4 Å². The van der Waals surface area contributed by atoms with Crippen molar-refractivity contribution in [1.29, 1.82) is 0 Å². The molecule has 9 heteroatoms. The molecule has 0 atom stereocenters. The lowest BCUT2D eigenvalue weighted by molar-refractivity contribution is -0.132. The minimum absolute atomic E-state index is 0.0922. The Balaban J connectivity index is 1.34. The van der Waals surface area contributed by atoms with Gasteiger partial charge >= 0.3 is 0 Å². The Morgan fingerprint density at radius 2 is 1.71 bits per heavy atom. The van der Waals surface area contributed by atoms with Crippen LogP contribution in [-0.2, 0) is 21.4 Å². The molecule has 0 saturated carbocycles. The third-order valence-electron chi connectivity index (χ3n) is 5.94. The van der Waals surface area contributed by atoms with Crippen LogP contribution in [0.2, 0.25) is 0 Å². The van der Waals surface area contributed by atoms with E-state index in [2.05, 4.69) is 17.0 Å². The first-order valence-electron chi connectivity index (χ1n) is 11.2. The predicted molar refractivity (Wildman–Crippen MR) is 136 cm³/mol. The second-order valence-electron chi connectivity index (χ2n) is 8.26. The van der Waals surface area contributed by atoms with Crippen molar-refractivity contribution in [2.45, 2.75) is 23.6 Å². The van der Waals surface area contributed by atoms with E-state index in [-0.39, 0.29) is 16.7 Å². The average Bonchev–Trinajstić information content (AvgIpc) is 3.58. The summed E-state index contributed by atoms with van der Waals surface area (Å²) in [6, 6.07) is 18.2. The molecule has 0 spiro atoms. The van der Waals surface area contributed by atoms with Crippen LogP contribution in [-0.4, -0.2) is 53.0 Å². The van der Waals surface area contributed by atoms with Gasteiger partial charge in [-0.3, -0.25) is 9.10 Å². The van der Waals surface area contributed by atoms with Crippen molar-refractivity contribution in [3.05, 3.63) is 71.6 Å². The zero-order valence-electron chi connectivity index (χ0n) is 19.4. The summed E-state index contributed by atoms with van der Waals surface area (Å²) in [7, 11) is -0.296. The van der Waals surface area contributed by atoms with E-state index in [1.165, 1.54) is 41.2 Å². The average molecular weight is 500 g/mol. The number of carbonyl (C=O) groups is 1. The van der Waals surface area contributed by atoms with Crippen molar-refractivity contribution in [3.8, 4) is 5.75 Å². The van der Waals surface area contributed by atoms with E-state index in [0.29, 0.717) is 18.0 Å². The molecule has 1 fully saturated rings. The Morgan fingerprint density at radius 1 is 1.00 bits per heavy atom. The summed E-state index contributed by atoms with van der Waals surface area (Å²) >= 11 is 1.18. The number of likely N-dealkylation sites (N-methyl/N-ethyl adjacent to an activating group) is 1. The van der Waals surface area contributed by atoms with Crippen LogP contribution < -0.4 is 13.9 Å². The predicted octanol–water partition coefficient (Wildman–Crippen LogP) is 4.21. The standard InChI is InChI=1S/C25H29N3O4S2/c1-26(18-20-8-3-4-9-23(20)28-15-5-6-16-28)24(29)19-32-22-13-11-21(12-14-22)27(2)34(30,31)25-10-7-17-33-25/h3-4,7-14,17H,5-6,15-16,18-19H2,1-2H3. The zero-order chi connectivity index (χ0) is 24.1. The minimum atomic E-state index is -3.59. The Labute approximate surface area is 205 Å². The topological polar surface area (TPSA) is 70.2 Å². The maximum absolute atomic E-state index is 12.7. The van der Waals surface area contributed by atoms with Gasteiger partial charge in [-0.25, -0.2) is 8.42 Å². The largest absolute Gasteiger partial charge is 0.484 e. The molecule has 0 unspecified atom stereocenters. The van der Waals surface area contributed by atoms with Crippen LogP contribution >= 0.6 is 11.3 Å². The molecule has 0 aliphatic carbocycles. The van der Waals surface area contributed by atoms with Crippen LogP contribution in [0.1, 0.15) is 18.4 Å². The Morgan fingerprint density at radius 3 is 2.38 bits per heavy atom. The molecule has 180 valence electrons. The summed E-state index contributed by atoms with van der Waals surface area (Å²) in [5, 5.41) is 1.73. The van der Waals surface area contributed by atoms with E-state index in [0.717, 1.165) is 18.7 Å². The molecule has 0 radical (unpaired) electrons. The van der Waals surface area contributed by atoms with Gasteiger partial charge in [0.2, 0.25) is 0 Å². The number of ether oxygens (including phenoxy) is 1. The van der Waals surface area contributed by atoms with E-state index in [9.17, 15) is 13.2 Å². The first kappa shape index (κ1) is 24.1. The van der Waals surface area contributed by atoms with E-state index in [4.69, 9.17) is 4.74 Å². The van der Waals surface area contributed by atoms with Crippen molar-refractivity contribution in [3.63, 3.8) is 0 Å². The molecule has 3 aromatic rings. The molecule has 0 N–H and O–H groups in total. The van der Waals surface area contributed by atoms with Gasteiger partial charge < -0.3 is 14.5 Å². The number of para-hydroxylation sites is 1. The van der Waals surface area contributed by atoms with Gasteiger partial charge in [-0.2, -0.15) is 0 Å².